The Labute approximate surface area is 114 Å². The number of nitrogens with zero attached hydrogens (tertiary/aromatic N) is 3. The third-order valence-electron chi connectivity index (χ3n) is 2.46. The minimum absolute atomic E-state index is 0.0904. The summed E-state index contributed by atoms with van der Waals surface area (Å²) in [5.74, 6) is -0.510. The molecule has 2 rings (SSSR count). The van der Waals surface area contributed by atoms with Crippen LogP contribution in [0.15, 0.2) is 36.5 Å². The molecular weight excluding hydrogens is 264 g/mol. The third-order valence-corrected chi connectivity index (χ3v) is 2.46. The Morgan fingerprint density at radius 2 is 2.20 bits per heavy atom. The van der Waals surface area contributed by atoms with Crippen LogP contribution in [0.25, 0.3) is 5.69 Å². The summed E-state index contributed by atoms with van der Waals surface area (Å²) in [5.41, 5.74) is 2.50. The van der Waals surface area contributed by atoms with Crippen LogP contribution in [-0.2, 0) is 4.84 Å². The van der Waals surface area contributed by atoms with Crippen molar-refractivity contribution in [2.24, 2.45) is 0 Å². The molecule has 0 radical (unpaired) electrons. The van der Waals surface area contributed by atoms with Gasteiger partial charge in [0.15, 0.2) is 5.69 Å². The molecule has 0 bridgehead atoms. The zero-order valence-corrected chi connectivity index (χ0v) is 10.6. The van der Waals surface area contributed by atoms with E-state index in [0.29, 0.717) is 6.61 Å². The number of rotatable bonds is 5. The number of amides is 1. The number of para-hydroxylation sites is 2. The van der Waals surface area contributed by atoms with Crippen LogP contribution in [0.2, 0.25) is 0 Å². The van der Waals surface area contributed by atoms with Crippen molar-refractivity contribution in [1.29, 1.82) is 0 Å². The van der Waals surface area contributed by atoms with E-state index in [1.165, 1.54) is 23.0 Å². The highest BCUT2D eigenvalue weighted by Gasteiger charge is 2.16. The Balaban J connectivity index is 2.29. The normalized spacial score (nSPS) is 10.2. The molecule has 0 aliphatic heterocycles. The van der Waals surface area contributed by atoms with Crippen molar-refractivity contribution in [3.63, 3.8) is 0 Å². The number of hydrogen-bond acceptors (Lipinski definition) is 5. The fourth-order valence-corrected chi connectivity index (χ4v) is 1.58. The van der Waals surface area contributed by atoms with Crippen LogP contribution in [0, 0.1) is 10.1 Å². The van der Waals surface area contributed by atoms with Crippen LogP contribution in [0.1, 0.15) is 17.4 Å². The maximum Gasteiger partial charge on any atom is 0.295 e. The average molecular weight is 276 g/mol. The van der Waals surface area contributed by atoms with Gasteiger partial charge in [0.1, 0.15) is 5.69 Å². The van der Waals surface area contributed by atoms with Gasteiger partial charge in [-0.05, 0) is 19.1 Å². The fourth-order valence-electron chi connectivity index (χ4n) is 1.58. The van der Waals surface area contributed by atoms with E-state index in [1.807, 2.05) is 0 Å². The number of hydrogen-bond donors (Lipinski definition) is 1. The van der Waals surface area contributed by atoms with Crippen LogP contribution in [0.4, 0.5) is 5.69 Å². The lowest BCUT2D eigenvalue weighted by atomic mass is 10.3. The molecule has 0 aliphatic carbocycles. The fraction of sp³-hybridized carbons (Fsp3) is 0.167. The largest absolute Gasteiger partial charge is 0.295 e. The summed E-state index contributed by atoms with van der Waals surface area (Å²) in [7, 11) is 0. The Hall–Kier alpha value is -2.74. The summed E-state index contributed by atoms with van der Waals surface area (Å²) in [6.07, 6.45) is 1.48. The van der Waals surface area contributed by atoms with Crippen molar-refractivity contribution in [1.82, 2.24) is 15.3 Å². The lowest BCUT2D eigenvalue weighted by Gasteiger charge is -2.02. The number of carbonyl (C=O) groups is 1. The van der Waals surface area contributed by atoms with E-state index < -0.39 is 10.8 Å². The smallest absolute Gasteiger partial charge is 0.274 e. The lowest BCUT2D eigenvalue weighted by molar-refractivity contribution is -0.384. The number of hydroxylamine groups is 1. The zero-order chi connectivity index (χ0) is 14.5. The number of aromatic nitrogens is 2. The molecule has 0 unspecified atom stereocenters. The second-order valence-corrected chi connectivity index (χ2v) is 3.76. The van der Waals surface area contributed by atoms with Gasteiger partial charge in [0.05, 0.1) is 11.5 Å². The molecule has 0 fully saturated rings. The number of nitro groups is 1. The van der Waals surface area contributed by atoms with Gasteiger partial charge in [-0.25, -0.2) is 10.2 Å². The summed E-state index contributed by atoms with van der Waals surface area (Å²) in [6.45, 7) is 2.06. The zero-order valence-electron chi connectivity index (χ0n) is 10.6. The number of benzene rings is 1. The molecule has 0 saturated carbocycles. The topological polar surface area (TPSA) is 99.3 Å². The minimum Gasteiger partial charge on any atom is -0.274 e. The van der Waals surface area contributed by atoms with Crippen LogP contribution in [-0.4, -0.2) is 27.2 Å². The van der Waals surface area contributed by atoms with Crippen molar-refractivity contribution in [3.05, 3.63) is 52.3 Å². The van der Waals surface area contributed by atoms with Crippen LogP contribution >= 0.6 is 0 Å². The van der Waals surface area contributed by atoms with Crippen molar-refractivity contribution >= 4 is 11.6 Å². The molecule has 8 heteroatoms. The van der Waals surface area contributed by atoms with E-state index in [1.54, 1.807) is 25.1 Å². The van der Waals surface area contributed by atoms with Gasteiger partial charge in [-0.3, -0.25) is 19.7 Å². The molecule has 1 aromatic carbocycles. The van der Waals surface area contributed by atoms with E-state index in [0.717, 1.165) is 0 Å². The van der Waals surface area contributed by atoms with Gasteiger partial charge < -0.3 is 0 Å². The lowest BCUT2D eigenvalue weighted by Crippen LogP contribution is -2.24. The minimum atomic E-state index is -0.510. The standard InChI is InChI=1S/C12H12N4O4/c1-2-20-14-12(17)9-7-8-15(13-9)10-5-3-4-6-11(10)16(18)19/h3-8H,2H2,1H3,(H,14,17). The van der Waals surface area contributed by atoms with Crippen LogP contribution in [0.3, 0.4) is 0 Å². The first-order valence-electron chi connectivity index (χ1n) is 5.85. The summed E-state index contributed by atoms with van der Waals surface area (Å²) in [6, 6.07) is 7.59. The highest BCUT2D eigenvalue weighted by atomic mass is 16.6. The van der Waals surface area contributed by atoms with Gasteiger partial charge in [-0.15, -0.1) is 0 Å². The molecule has 0 saturated heterocycles. The molecule has 1 aromatic heterocycles. The molecule has 0 spiro atoms. The Kier molecular flexibility index (Phi) is 4.06. The third kappa shape index (κ3) is 2.81. The summed E-state index contributed by atoms with van der Waals surface area (Å²) >= 11 is 0. The highest BCUT2D eigenvalue weighted by molar-refractivity contribution is 5.91. The molecule has 1 heterocycles. The monoisotopic (exact) mass is 276 g/mol. The summed E-state index contributed by atoms with van der Waals surface area (Å²) in [5, 5.41) is 14.9. The molecule has 1 amide bonds. The molecule has 2 aromatic rings. The van der Waals surface area contributed by atoms with E-state index >= 15 is 0 Å². The average Bonchev–Trinajstić information content (AvgIpc) is 2.94. The highest BCUT2D eigenvalue weighted by Crippen LogP contribution is 2.21. The molecule has 0 atom stereocenters. The van der Waals surface area contributed by atoms with Gasteiger partial charge in [0, 0.05) is 12.3 Å². The SMILES string of the molecule is CCONC(=O)c1ccn(-c2ccccc2[N+](=O)[O-])n1. The molecule has 1 N–H and O–H groups in total. The first-order chi connectivity index (χ1) is 9.63. The molecular formula is C12H12N4O4. The second kappa shape index (κ2) is 5.93. The van der Waals surface area contributed by atoms with E-state index in [-0.39, 0.29) is 17.1 Å². The van der Waals surface area contributed by atoms with E-state index in [2.05, 4.69) is 10.6 Å². The van der Waals surface area contributed by atoms with Crippen LogP contribution in [0.5, 0.6) is 0 Å². The second-order valence-electron chi connectivity index (χ2n) is 3.76. The van der Waals surface area contributed by atoms with Crippen LogP contribution < -0.4 is 5.48 Å². The molecule has 20 heavy (non-hydrogen) atoms. The summed E-state index contributed by atoms with van der Waals surface area (Å²) in [4.78, 5) is 26.8. The molecule has 104 valence electrons. The van der Waals surface area contributed by atoms with Crippen molar-refractivity contribution in [3.8, 4) is 5.69 Å². The molecule has 0 aliphatic rings. The maximum atomic E-state index is 11.6. The van der Waals surface area contributed by atoms with Crippen molar-refractivity contribution in [2.45, 2.75) is 6.92 Å². The predicted octanol–water partition coefficient (Wildman–Crippen LogP) is 1.46. The Bertz CT molecular complexity index is 638. The van der Waals surface area contributed by atoms with Gasteiger partial charge in [-0.1, -0.05) is 12.1 Å². The number of nitrogens with one attached hydrogen (secondary N) is 1. The quantitative estimate of drug-likeness (QED) is 0.658. The van der Waals surface area contributed by atoms with Gasteiger partial charge in [-0.2, -0.15) is 5.10 Å². The van der Waals surface area contributed by atoms with E-state index in [9.17, 15) is 14.9 Å². The first-order valence-corrected chi connectivity index (χ1v) is 5.85. The number of nitro benzene ring substituents is 1. The van der Waals surface area contributed by atoms with Crippen molar-refractivity contribution in [2.75, 3.05) is 6.61 Å². The Morgan fingerprint density at radius 3 is 2.90 bits per heavy atom. The van der Waals surface area contributed by atoms with Crippen molar-refractivity contribution < 1.29 is 14.6 Å². The predicted molar refractivity (Wildman–Crippen MR) is 69.3 cm³/mol. The molecule has 8 nitrogen and oxygen atoms in total. The number of carbonyl (C=O) groups excluding carboxylic acids is 1. The van der Waals surface area contributed by atoms with Gasteiger partial charge in [0.25, 0.3) is 11.6 Å². The van der Waals surface area contributed by atoms with Gasteiger partial charge >= 0.3 is 0 Å². The van der Waals surface area contributed by atoms with Gasteiger partial charge in [0.2, 0.25) is 0 Å². The first kappa shape index (κ1) is 13.7. The maximum absolute atomic E-state index is 11.6. The Morgan fingerprint density at radius 1 is 1.45 bits per heavy atom. The van der Waals surface area contributed by atoms with E-state index in [4.69, 9.17) is 4.84 Å². The summed E-state index contributed by atoms with van der Waals surface area (Å²) < 4.78 is 1.28.